The number of nitrogens with one attached hydrogen (secondary N) is 2. The molecular formula is C28H40N4O2. The summed E-state index contributed by atoms with van der Waals surface area (Å²) in [6.07, 6.45) is 8.38. The average Bonchev–Trinajstić information content (AvgIpc) is 3.52. The number of nitrogens with zero attached hydrogens (tertiary/aromatic N) is 2. The van der Waals surface area contributed by atoms with E-state index in [2.05, 4.69) is 57.0 Å². The third-order valence-corrected chi connectivity index (χ3v) is 7.84. The van der Waals surface area contributed by atoms with Crippen LogP contribution in [0.3, 0.4) is 0 Å². The van der Waals surface area contributed by atoms with Gasteiger partial charge >= 0.3 is 0 Å². The molecule has 2 aliphatic carbocycles. The van der Waals surface area contributed by atoms with Gasteiger partial charge in [0, 0.05) is 24.8 Å². The van der Waals surface area contributed by atoms with Gasteiger partial charge in [-0.1, -0.05) is 39.0 Å². The number of allylic oxidation sites excluding steroid dienone is 1. The number of rotatable bonds is 10. The van der Waals surface area contributed by atoms with Crippen molar-refractivity contribution in [1.29, 1.82) is 0 Å². The van der Waals surface area contributed by atoms with Gasteiger partial charge in [-0.15, -0.1) is 0 Å². The van der Waals surface area contributed by atoms with E-state index >= 15 is 0 Å². The molecule has 2 heterocycles. The minimum absolute atomic E-state index is 0.223. The number of anilines is 2. The normalized spacial score (nSPS) is 24.9. The first kappa shape index (κ1) is 24.5. The molecule has 4 unspecified atom stereocenters. The molecule has 0 radical (unpaired) electrons. The second kappa shape index (κ2) is 10.3. The summed E-state index contributed by atoms with van der Waals surface area (Å²) in [7, 11) is 0. The molecule has 0 bridgehead atoms. The Morgan fingerprint density at radius 3 is 2.65 bits per heavy atom. The molecule has 4 rings (SSSR count). The van der Waals surface area contributed by atoms with Gasteiger partial charge in [0.25, 0.3) is 0 Å². The number of aromatic nitrogens is 2. The average molecular weight is 465 g/mol. The maximum Gasteiger partial charge on any atom is 0.224 e. The fourth-order valence-corrected chi connectivity index (χ4v) is 4.95. The number of hydrogen-bond acceptors (Lipinski definition) is 6. The number of aliphatic hydroxyl groups is 1. The summed E-state index contributed by atoms with van der Waals surface area (Å²) in [5.74, 6) is 4.86. The van der Waals surface area contributed by atoms with Crippen LogP contribution in [0.15, 0.2) is 22.6 Å². The standard InChI is InChI=1S/C28H40N4O2/c1-7-16(3)11-21-13-25(34-24(21)8-2)26-19(6)30-28(29-14-20-9-10-20)32-27(26)31-23-12-22(15-33)17(4)18(23)5/h8,11,13,17-18,20,22-23,33H,2,7,9-10,12,14-15H2,1,3-6H3,(H2,29,30,31,32). The van der Waals surface area contributed by atoms with Gasteiger partial charge < -0.3 is 20.2 Å². The molecule has 184 valence electrons. The van der Waals surface area contributed by atoms with Crippen LogP contribution in [-0.2, 0) is 0 Å². The van der Waals surface area contributed by atoms with E-state index in [1.807, 2.05) is 6.92 Å². The molecular weight excluding hydrogens is 424 g/mol. The first-order chi connectivity index (χ1) is 16.3. The Hall–Kier alpha value is -2.60. The first-order valence-corrected chi connectivity index (χ1v) is 12.8. The Balaban J connectivity index is 1.73. The molecule has 2 aromatic heterocycles. The Morgan fingerprint density at radius 1 is 1.26 bits per heavy atom. The topological polar surface area (TPSA) is 83.2 Å². The zero-order valence-corrected chi connectivity index (χ0v) is 21.3. The predicted molar refractivity (Wildman–Crippen MR) is 141 cm³/mol. The van der Waals surface area contributed by atoms with Crippen LogP contribution >= 0.6 is 0 Å². The van der Waals surface area contributed by atoms with Crippen molar-refractivity contribution in [3.63, 3.8) is 0 Å². The van der Waals surface area contributed by atoms with Gasteiger partial charge in [0.2, 0.25) is 5.95 Å². The highest BCUT2D eigenvalue weighted by Gasteiger charge is 2.38. The summed E-state index contributed by atoms with van der Waals surface area (Å²) < 4.78 is 6.28. The molecule has 2 aliphatic rings. The molecule has 4 atom stereocenters. The molecule has 0 amide bonds. The largest absolute Gasteiger partial charge is 0.456 e. The fourth-order valence-electron chi connectivity index (χ4n) is 4.95. The summed E-state index contributed by atoms with van der Waals surface area (Å²) in [5.41, 5.74) is 4.07. The molecule has 6 heteroatoms. The Kier molecular flexibility index (Phi) is 7.46. The molecule has 3 N–H and O–H groups in total. The first-order valence-electron chi connectivity index (χ1n) is 12.8. The Bertz CT molecular complexity index is 1050. The predicted octanol–water partition coefficient (Wildman–Crippen LogP) is 6.39. The van der Waals surface area contributed by atoms with Gasteiger partial charge in [-0.05, 0) is 75.3 Å². The van der Waals surface area contributed by atoms with Crippen LogP contribution in [0.5, 0.6) is 0 Å². The van der Waals surface area contributed by atoms with Gasteiger partial charge in [-0.3, -0.25) is 0 Å². The van der Waals surface area contributed by atoms with E-state index in [0.29, 0.717) is 23.7 Å². The monoisotopic (exact) mass is 464 g/mol. The van der Waals surface area contributed by atoms with E-state index in [0.717, 1.165) is 59.5 Å². The second-order valence-electron chi connectivity index (χ2n) is 10.3. The quantitative estimate of drug-likeness (QED) is 0.378. The SMILES string of the molecule is C=Cc1oc(-c2c(C)nc(NCC3CC3)nc2NC2CC(CO)C(C)C2C)cc1C=C(C)CC. The fraction of sp³-hybridized carbons (Fsp3) is 0.571. The zero-order chi connectivity index (χ0) is 24.4. The van der Waals surface area contributed by atoms with Crippen molar-refractivity contribution in [1.82, 2.24) is 9.97 Å². The third-order valence-electron chi connectivity index (χ3n) is 7.84. The van der Waals surface area contributed by atoms with Crippen molar-refractivity contribution in [2.24, 2.45) is 23.7 Å². The van der Waals surface area contributed by atoms with Crippen LogP contribution in [0.1, 0.15) is 70.4 Å². The highest BCUT2D eigenvalue weighted by Crippen LogP contribution is 2.41. The van der Waals surface area contributed by atoms with Gasteiger partial charge in [-0.2, -0.15) is 4.98 Å². The lowest BCUT2D eigenvalue weighted by Gasteiger charge is -2.22. The van der Waals surface area contributed by atoms with Crippen molar-refractivity contribution in [3.05, 3.63) is 35.2 Å². The lowest BCUT2D eigenvalue weighted by molar-refractivity contribution is 0.191. The van der Waals surface area contributed by atoms with Crippen molar-refractivity contribution in [2.75, 3.05) is 23.8 Å². The van der Waals surface area contributed by atoms with Crippen LogP contribution < -0.4 is 10.6 Å². The highest BCUT2D eigenvalue weighted by molar-refractivity contribution is 5.78. The highest BCUT2D eigenvalue weighted by atomic mass is 16.3. The molecule has 34 heavy (non-hydrogen) atoms. The molecule has 0 saturated heterocycles. The van der Waals surface area contributed by atoms with E-state index in [4.69, 9.17) is 14.4 Å². The minimum Gasteiger partial charge on any atom is -0.456 e. The summed E-state index contributed by atoms with van der Waals surface area (Å²) >= 11 is 0. The van der Waals surface area contributed by atoms with Crippen molar-refractivity contribution in [2.45, 2.75) is 66.3 Å². The number of hydrogen-bond donors (Lipinski definition) is 3. The Labute approximate surface area is 204 Å². The lowest BCUT2D eigenvalue weighted by atomic mass is 9.92. The molecule has 0 aromatic carbocycles. The molecule has 0 spiro atoms. The van der Waals surface area contributed by atoms with Crippen molar-refractivity contribution in [3.8, 4) is 11.3 Å². The van der Waals surface area contributed by atoms with Crippen LogP contribution in [0, 0.1) is 30.6 Å². The Morgan fingerprint density at radius 2 is 2.03 bits per heavy atom. The smallest absolute Gasteiger partial charge is 0.224 e. The molecule has 2 aromatic rings. The molecule has 0 aliphatic heterocycles. The van der Waals surface area contributed by atoms with Crippen molar-refractivity contribution < 1.29 is 9.52 Å². The van der Waals surface area contributed by atoms with Crippen LogP contribution in [0.25, 0.3) is 23.5 Å². The lowest BCUT2D eigenvalue weighted by Crippen LogP contribution is -2.25. The summed E-state index contributed by atoms with van der Waals surface area (Å²) in [6, 6.07) is 2.30. The number of aryl methyl sites for hydroxylation is 1. The maximum atomic E-state index is 9.85. The van der Waals surface area contributed by atoms with E-state index < -0.39 is 0 Å². The van der Waals surface area contributed by atoms with Gasteiger partial charge in [0.1, 0.15) is 17.3 Å². The van der Waals surface area contributed by atoms with Crippen LogP contribution in [0.4, 0.5) is 11.8 Å². The zero-order valence-electron chi connectivity index (χ0n) is 21.3. The molecule has 2 saturated carbocycles. The molecule has 6 nitrogen and oxygen atoms in total. The number of furan rings is 1. The van der Waals surface area contributed by atoms with E-state index in [1.165, 1.54) is 18.4 Å². The van der Waals surface area contributed by atoms with Crippen LogP contribution in [0.2, 0.25) is 0 Å². The van der Waals surface area contributed by atoms with Crippen LogP contribution in [-0.4, -0.2) is 34.3 Å². The van der Waals surface area contributed by atoms with Crippen molar-refractivity contribution >= 4 is 23.9 Å². The second-order valence-corrected chi connectivity index (χ2v) is 10.3. The third kappa shape index (κ3) is 5.22. The maximum absolute atomic E-state index is 9.85. The van der Waals surface area contributed by atoms with Gasteiger partial charge in [-0.25, -0.2) is 4.98 Å². The molecule has 2 fully saturated rings. The van der Waals surface area contributed by atoms with E-state index in [-0.39, 0.29) is 12.6 Å². The summed E-state index contributed by atoms with van der Waals surface area (Å²) in [4.78, 5) is 9.72. The van der Waals surface area contributed by atoms with Gasteiger partial charge in [0.15, 0.2) is 0 Å². The minimum atomic E-state index is 0.223. The number of aliphatic hydroxyl groups excluding tert-OH is 1. The summed E-state index contributed by atoms with van der Waals surface area (Å²) in [5, 5.41) is 17.0. The van der Waals surface area contributed by atoms with Gasteiger partial charge in [0.05, 0.1) is 11.3 Å². The van der Waals surface area contributed by atoms with E-state index in [1.54, 1.807) is 6.08 Å². The van der Waals surface area contributed by atoms with E-state index in [9.17, 15) is 5.11 Å². The summed E-state index contributed by atoms with van der Waals surface area (Å²) in [6.45, 7) is 15.9.